The Morgan fingerprint density at radius 2 is 2.17 bits per heavy atom. The number of carboxylic acid groups (broad SMARTS) is 1. The van der Waals surface area contributed by atoms with Gasteiger partial charge in [0.25, 0.3) is 0 Å². The minimum Gasteiger partial charge on any atom is -0.480 e. The number of likely N-dealkylation sites (tertiary alicyclic amines) is 1. The Labute approximate surface area is 109 Å². The largest absolute Gasteiger partial charge is 0.480 e. The van der Waals surface area contributed by atoms with E-state index in [1.54, 1.807) is 13.8 Å². The molecule has 1 aliphatic heterocycles. The standard InChI is InChI=1S/C13H24N2O3/c1-4-13(3,12(17)18)14-8-11(16)15-7-5-6-10(2)9-15/h10,14H,4-9H2,1-3H3,(H,17,18). The molecule has 1 aliphatic rings. The molecule has 1 rings (SSSR count). The van der Waals surface area contributed by atoms with E-state index in [4.69, 9.17) is 5.11 Å². The van der Waals surface area contributed by atoms with E-state index in [0.29, 0.717) is 12.3 Å². The fraction of sp³-hybridized carbons (Fsp3) is 0.846. The molecule has 5 heteroatoms. The predicted molar refractivity (Wildman–Crippen MR) is 69.3 cm³/mol. The lowest BCUT2D eigenvalue weighted by molar-refractivity contribution is -0.144. The molecular formula is C13H24N2O3. The Balaban J connectivity index is 2.47. The van der Waals surface area contributed by atoms with Crippen LogP contribution in [0.3, 0.4) is 0 Å². The maximum Gasteiger partial charge on any atom is 0.323 e. The molecule has 2 atom stereocenters. The molecule has 1 amide bonds. The number of rotatable bonds is 5. The Kier molecular flexibility index (Phi) is 5.14. The summed E-state index contributed by atoms with van der Waals surface area (Å²) in [7, 11) is 0. The average Bonchev–Trinajstić information content (AvgIpc) is 2.35. The second-order valence-electron chi connectivity index (χ2n) is 5.43. The van der Waals surface area contributed by atoms with Crippen molar-refractivity contribution in [2.24, 2.45) is 5.92 Å². The summed E-state index contributed by atoms with van der Waals surface area (Å²) in [4.78, 5) is 24.9. The van der Waals surface area contributed by atoms with Crippen LogP contribution in [0.4, 0.5) is 0 Å². The summed E-state index contributed by atoms with van der Waals surface area (Å²) < 4.78 is 0. The molecule has 0 bridgehead atoms. The van der Waals surface area contributed by atoms with Gasteiger partial charge in [0.05, 0.1) is 6.54 Å². The van der Waals surface area contributed by atoms with Crippen molar-refractivity contribution in [2.75, 3.05) is 19.6 Å². The molecule has 2 unspecified atom stereocenters. The highest BCUT2D eigenvalue weighted by Gasteiger charge is 2.32. The van der Waals surface area contributed by atoms with Crippen molar-refractivity contribution in [1.29, 1.82) is 0 Å². The summed E-state index contributed by atoms with van der Waals surface area (Å²) in [6.45, 7) is 7.23. The number of hydrogen-bond donors (Lipinski definition) is 2. The number of amides is 1. The van der Waals surface area contributed by atoms with Gasteiger partial charge in [-0.1, -0.05) is 13.8 Å². The first-order valence-electron chi connectivity index (χ1n) is 6.65. The van der Waals surface area contributed by atoms with Gasteiger partial charge in [0.15, 0.2) is 0 Å². The van der Waals surface area contributed by atoms with E-state index >= 15 is 0 Å². The van der Waals surface area contributed by atoms with Crippen molar-refractivity contribution in [3.05, 3.63) is 0 Å². The molecule has 0 aromatic rings. The Hall–Kier alpha value is -1.10. The highest BCUT2D eigenvalue weighted by molar-refractivity contribution is 5.82. The molecule has 0 aromatic heterocycles. The van der Waals surface area contributed by atoms with Crippen LogP contribution in [0.5, 0.6) is 0 Å². The number of carbonyl (C=O) groups is 2. The number of nitrogens with zero attached hydrogens (tertiary/aromatic N) is 1. The highest BCUT2D eigenvalue weighted by Crippen LogP contribution is 2.15. The van der Waals surface area contributed by atoms with Gasteiger partial charge in [0.2, 0.25) is 5.91 Å². The predicted octanol–water partition coefficient (Wildman–Crippen LogP) is 1.09. The number of piperidine rings is 1. The van der Waals surface area contributed by atoms with Gasteiger partial charge >= 0.3 is 5.97 Å². The molecule has 0 saturated carbocycles. The summed E-state index contributed by atoms with van der Waals surface area (Å²) in [6.07, 6.45) is 2.65. The summed E-state index contributed by atoms with van der Waals surface area (Å²) >= 11 is 0. The van der Waals surface area contributed by atoms with E-state index in [9.17, 15) is 9.59 Å². The molecule has 0 aromatic carbocycles. The number of carbonyl (C=O) groups excluding carboxylic acids is 1. The van der Waals surface area contributed by atoms with Crippen LogP contribution in [-0.2, 0) is 9.59 Å². The topological polar surface area (TPSA) is 69.6 Å². The van der Waals surface area contributed by atoms with Crippen LogP contribution < -0.4 is 5.32 Å². The molecule has 104 valence electrons. The molecule has 1 heterocycles. The zero-order valence-electron chi connectivity index (χ0n) is 11.5. The maximum absolute atomic E-state index is 12.0. The first-order valence-corrected chi connectivity index (χ1v) is 6.65. The summed E-state index contributed by atoms with van der Waals surface area (Å²) in [5.74, 6) is -0.369. The summed E-state index contributed by atoms with van der Waals surface area (Å²) in [5, 5.41) is 12.0. The second kappa shape index (κ2) is 6.18. The molecule has 5 nitrogen and oxygen atoms in total. The van der Waals surface area contributed by atoms with Crippen LogP contribution in [0.25, 0.3) is 0 Å². The monoisotopic (exact) mass is 256 g/mol. The summed E-state index contributed by atoms with van der Waals surface area (Å²) in [6, 6.07) is 0. The number of hydrogen-bond acceptors (Lipinski definition) is 3. The lowest BCUT2D eigenvalue weighted by Gasteiger charge is -2.32. The summed E-state index contributed by atoms with van der Waals surface area (Å²) in [5.41, 5.74) is -1.02. The van der Waals surface area contributed by atoms with Gasteiger partial charge in [-0.05, 0) is 32.1 Å². The van der Waals surface area contributed by atoms with Gasteiger partial charge in [-0.25, -0.2) is 0 Å². The quantitative estimate of drug-likeness (QED) is 0.772. The first-order chi connectivity index (χ1) is 8.39. The normalized spacial score (nSPS) is 23.5. The van der Waals surface area contributed by atoms with E-state index in [1.165, 1.54) is 6.42 Å². The average molecular weight is 256 g/mol. The second-order valence-corrected chi connectivity index (χ2v) is 5.43. The first kappa shape index (κ1) is 15.0. The van der Waals surface area contributed by atoms with Gasteiger partial charge in [-0.3, -0.25) is 14.9 Å². The Morgan fingerprint density at radius 3 is 2.67 bits per heavy atom. The van der Waals surface area contributed by atoms with Crippen LogP contribution >= 0.6 is 0 Å². The van der Waals surface area contributed by atoms with Crippen LogP contribution in [-0.4, -0.2) is 47.1 Å². The minimum absolute atomic E-state index is 0.00229. The molecule has 1 fully saturated rings. The van der Waals surface area contributed by atoms with Crippen LogP contribution in [0.15, 0.2) is 0 Å². The number of nitrogens with one attached hydrogen (secondary N) is 1. The zero-order chi connectivity index (χ0) is 13.8. The van der Waals surface area contributed by atoms with Crippen molar-refractivity contribution in [2.45, 2.75) is 45.6 Å². The third-order valence-corrected chi connectivity index (χ3v) is 3.82. The van der Waals surface area contributed by atoms with E-state index in [1.807, 2.05) is 4.90 Å². The van der Waals surface area contributed by atoms with Crippen molar-refractivity contribution < 1.29 is 14.7 Å². The Bertz CT molecular complexity index is 319. The van der Waals surface area contributed by atoms with Crippen molar-refractivity contribution in [3.8, 4) is 0 Å². The fourth-order valence-electron chi connectivity index (χ4n) is 2.15. The van der Waals surface area contributed by atoms with E-state index in [0.717, 1.165) is 19.5 Å². The zero-order valence-corrected chi connectivity index (χ0v) is 11.5. The van der Waals surface area contributed by atoms with Crippen molar-refractivity contribution in [1.82, 2.24) is 10.2 Å². The van der Waals surface area contributed by atoms with Gasteiger partial charge in [0, 0.05) is 13.1 Å². The SMILES string of the molecule is CCC(C)(NCC(=O)N1CCCC(C)C1)C(=O)O. The molecule has 0 aliphatic carbocycles. The van der Waals surface area contributed by atoms with Gasteiger partial charge < -0.3 is 10.0 Å². The van der Waals surface area contributed by atoms with Crippen molar-refractivity contribution in [3.63, 3.8) is 0 Å². The van der Waals surface area contributed by atoms with Crippen molar-refractivity contribution >= 4 is 11.9 Å². The van der Waals surface area contributed by atoms with Gasteiger partial charge in [-0.15, -0.1) is 0 Å². The minimum atomic E-state index is -1.02. The fourth-order valence-corrected chi connectivity index (χ4v) is 2.15. The molecule has 2 N–H and O–H groups in total. The van der Waals surface area contributed by atoms with Crippen LogP contribution in [0.1, 0.15) is 40.0 Å². The van der Waals surface area contributed by atoms with E-state index in [2.05, 4.69) is 12.2 Å². The lowest BCUT2D eigenvalue weighted by atomic mass is 9.98. The van der Waals surface area contributed by atoms with Crippen LogP contribution in [0.2, 0.25) is 0 Å². The highest BCUT2D eigenvalue weighted by atomic mass is 16.4. The molecule has 1 saturated heterocycles. The van der Waals surface area contributed by atoms with Gasteiger partial charge in [0.1, 0.15) is 5.54 Å². The number of carboxylic acids is 1. The number of aliphatic carboxylic acids is 1. The van der Waals surface area contributed by atoms with Gasteiger partial charge in [-0.2, -0.15) is 0 Å². The van der Waals surface area contributed by atoms with Crippen LogP contribution in [0, 0.1) is 5.92 Å². The van der Waals surface area contributed by atoms with E-state index in [-0.39, 0.29) is 12.5 Å². The third kappa shape index (κ3) is 3.70. The lowest BCUT2D eigenvalue weighted by Crippen LogP contribution is -2.53. The molecule has 0 spiro atoms. The smallest absolute Gasteiger partial charge is 0.323 e. The Morgan fingerprint density at radius 1 is 1.50 bits per heavy atom. The molecule has 18 heavy (non-hydrogen) atoms. The molecule has 0 radical (unpaired) electrons. The third-order valence-electron chi connectivity index (χ3n) is 3.82. The van der Waals surface area contributed by atoms with E-state index < -0.39 is 11.5 Å². The maximum atomic E-state index is 12.0. The molecular weight excluding hydrogens is 232 g/mol.